The van der Waals surface area contributed by atoms with Crippen LogP contribution in [0.5, 0.6) is 0 Å². The first-order valence-corrected chi connectivity index (χ1v) is 5.03. The van der Waals surface area contributed by atoms with Gasteiger partial charge in [0.25, 0.3) is 0 Å². The third-order valence-corrected chi connectivity index (χ3v) is 2.79. The van der Waals surface area contributed by atoms with Crippen LogP contribution in [0.25, 0.3) is 0 Å². The number of rotatable bonds is 1. The van der Waals surface area contributed by atoms with Crippen LogP contribution >= 0.6 is 0 Å². The molecule has 1 atom stereocenters. The Morgan fingerprint density at radius 2 is 2.38 bits per heavy atom. The van der Waals surface area contributed by atoms with E-state index >= 15 is 0 Å². The van der Waals surface area contributed by atoms with Crippen LogP contribution in [0, 0.1) is 0 Å². The van der Waals surface area contributed by atoms with Crippen molar-refractivity contribution in [2.24, 2.45) is 0 Å². The van der Waals surface area contributed by atoms with Crippen molar-refractivity contribution in [3.63, 3.8) is 0 Å². The van der Waals surface area contributed by atoms with Gasteiger partial charge in [0.2, 0.25) is 0 Å². The lowest BCUT2D eigenvalue weighted by molar-refractivity contribution is 0.523. The number of nitrogens with zero attached hydrogens (tertiary/aromatic N) is 1. The minimum Gasteiger partial charge on any atom is -0.312 e. The van der Waals surface area contributed by atoms with Crippen LogP contribution in [0.2, 0.25) is 0 Å². The zero-order valence-corrected chi connectivity index (χ0v) is 8.09. The van der Waals surface area contributed by atoms with Gasteiger partial charge in [0.15, 0.2) is 0 Å². The number of hydrogen-bond acceptors (Lipinski definition) is 2. The lowest BCUT2D eigenvalue weighted by Gasteiger charge is -2.14. The summed E-state index contributed by atoms with van der Waals surface area (Å²) in [5.74, 6) is 0. The van der Waals surface area contributed by atoms with Crippen molar-refractivity contribution >= 4 is 0 Å². The predicted octanol–water partition coefficient (Wildman–Crippen LogP) is 2.07. The molecule has 1 unspecified atom stereocenters. The van der Waals surface area contributed by atoms with Gasteiger partial charge in [-0.15, -0.1) is 0 Å². The van der Waals surface area contributed by atoms with Crippen molar-refractivity contribution in [3.8, 4) is 0 Å². The average molecular weight is 176 g/mol. The van der Waals surface area contributed by atoms with Crippen molar-refractivity contribution in [2.45, 2.75) is 31.7 Å². The van der Waals surface area contributed by atoms with E-state index in [2.05, 4.69) is 16.4 Å². The standard InChI is InChI=1S/C11H16N2/c1-12-10-7-3-2-5-9-6-4-8-13-11(9)10/h4,6,8,10,12H,2-3,5,7H2,1H3. The molecule has 1 aromatic rings. The number of fused-ring (bicyclic) bond motifs is 1. The van der Waals surface area contributed by atoms with E-state index in [9.17, 15) is 0 Å². The maximum atomic E-state index is 4.47. The molecule has 70 valence electrons. The first-order chi connectivity index (χ1) is 6.42. The summed E-state index contributed by atoms with van der Waals surface area (Å²) in [5, 5.41) is 3.34. The molecule has 0 bridgehead atoms. The maximum absolute atomic E-state index is 4.47. The number of pyridine rings is 1. The van der Waals surface area contributed by atoms with Crippen LogP contribution in [-0.4, -0.2) is 12.0 Å². The first kappa shape index (κ1) is 8.70. The quantitative estimate of drug-likeness (QED) is 0.662. The van der Waals surface area contributed by atoms with E-state index in [0.29, 0.717) is 6.04 Å². The number of nitrogens with one attached hydrogen (secondary N) is 1. The molecule has 0 saturated carbocycles. The van der Waals surface area contributed by atoms with Gasteiger partial charge in [-0.25, -0.2) is 0 Å². The summed E-state index contributed by atoms with van der Waals surface area (Å²) in [6, 6.07) is 4.72. The molecule has 1 aliphatic carbocycles. The van der Waals surface area contributed by atoms with Crippen LogP contribution < -0.4 is 5.32 Å². The third-order valence-electron chi connectivity index (χ3n) is 2.79. The fourth-order valence-corrected chi connectivity index (χ4v) is 2.06. The van der Waals surface area contributed by atoms with E-state index in [1.54, 1.807) is 0 Å². The van der Waals surface area contributed by atoms with E-state index < -0.39 is 0 Å². The molecule has 13 heavy (non-hydrogen) atoms. The Balaban J connectivity index is 2.35. The van der Waals surface area contributed by atoms with Gasteiger partial charge in [-0.1, -0.05) is 12.5 Å². The summed E-state index contributed by atoms with van der Waals surface area (Å²) in [6.07, 6.45) is 6.93. The van der Waals surface area contributed by atoms with Gasteiger partial charge in [0.05, 0.1) is 5.69 Å². The summed E-state index contributed by atoms with van der Waals surface area (Å²) < 4.78 is 0. The second kappa shape index (κ2) is 3.88. The molecule has 1 aliphatic rings. The normalized spacial score (nSPS) is 22.1. The molecule has 1 aromatic heterocycles. The van der Waals surface area contributed by atoms with E-state index in [1.165, 1.54) is 36.9 Å². The highest BCUT2D eigenvalue weighted by Gasteiger charge is 2.17. The molecule has 0 aliphatic heterocycles. The highest BCUT2D eigenvalue weighted by Crippen LogP contribution is 2.25. The van der Waals surface area contributed by atoms with Crippen LogP contribution in [0.4, 0.5) is 0 Å². The van der Waals surface area contributed by atoms with Gasteiger partial charge >= 0.3 is 0 Å². The second-order valence-corrected chi connectivity index (χ2v) is 3.63. The first-order valence-electron chi connectivity index (χ1n) is 5.03. The van der Waals surface area contributed by atoms with Crippen molar-refractivity contribution < 1.29 is 0 Å². The maximum Gasteiger partial charge on any atom is 0.0604 e. The molecule has 0 fully saturated rings. The fourth-order valence-electron chi connectivity index (χ4n) is 2.06. The average Bonchev–Trinajstić information content (AvgIpc) is 2.39. The van der Waals surface area contributed by atoms with Crippen molar-refractivity contribution in [2.75, 3.05) is 7.05 Å². The Morgan fingerprint density at radius 1 is 1.46 bits per heavy atom. The molecule has 0 amide bonds. The zero-order chi connectivity index (χ0) is 9.10. The molecule has 1 heterocycles. The third kappa shape index (κ3) is 1.73. The van der Waals surface area contributed by atoms with E-state index in [-0.39, 0.29) is 0 Å². The summed E-state index contributed by atoms with van der Waals surface area (Å²) in [5.41, 5.74) is 2.70. The van der Waals surface area contributed by atoms with Crippen LogP contribution in [0.3, 0.4) is 0 Å². The Kier molecular flexibility index (Phi) is 2.60. The Morgan fingerprint density at radius 3 is 3.23 bits per heavy atom. The molecule has 2 nitrogen and oxygen atoms in total. The van der Waals surface area contributed by atoms with Gasteiger partial charge in [-0.05, 0) is 37.9 Å². The zero-order valence-electron chi connectivity index (χ0n) is 8.09. The Labute approximate surface area is 79.4 Å². The number of hydrogen-bond donors (Lipinski definition) is 1. The largest absolute Gasteiger partial charge is 0.312 e. The lowest BCUT2D eigenvalue weighted by atomic mass is 10.1. The minimum absolute atomic E-state index is 0.471. The van der Waals surface area contributed by atoms with Gasteiger partial charge < -0.3 is 5.32 Å². The summed E-state index contributed by atoms with van der Waals surface area (Å²) in [7, 11) is 2.02. The number of aryl methyl sites for hydroxylation is 1. The molecule has 0 radical (unpaired) electrons. The van der Waals surface area contributed by atoms with Crippen LogP contribution in [0.15, 0.2) is 18.3 Å². The highest BCUT2D eigenvalue weighted by molar-refractivity contribution is 5.24. The topological polar surface area (TPSA) is 24.9 Å². The molecule has 0 saturated heterocycles. The molecule has 0 aromatic carbocycles. The van der Waals surface area contributed by atoms with E-state index in [4.69, 9.17) is 0 Å². The Hall–Kier alpha value is -0.890. The molecular weight excluding hydrogens is 160 g/mol. The SMILES string of the molecule is CNC1CCCCc2cccnc21. The van der Waals surface area contributed by atoms with Gasteiger partial charge in [-0.3, -0.25) is 4.98 Å². The monoisotopic (exact) mass is 176 g/mol. The van der Waals surface area contributed by atoms with E-state index in [0.717, 1.165) is 0 Å². The van der Waals surface area contributed by atoms with Crippen molar-refractivity contribution in [1.29, 1.82) is 0 Å². The van der Waals surface area contributed by atoms with Crippen LogP contribution in [-0.2, 0) is 6.42 Å². The molecule has 1 N–H and O–H groups in total. The molecule has 2 heteroatoms. The lowest BCUT2D eigenvalue weighted by Crippen LogP contribution is -2.17. The molecular formula is C11H16N2. The highest BCUT2D eigenvalue weighted by atomic mass is 14.9. The molecule has 0 spiro atoms. The molecule has 2 rings (SSSR count). The number of aromatic nitrogens is 1. The summed E-state index contributed by atoms with van der Waals surface area (Å²) >= 11 is 0. The minimum atomic E-state index is 0.471. The van der Waals surface area contributed by atoms with Gasteiger partial charge in [-0.2, -0.15) is 0 Å². The van der Waals surface area contributed by atoms with Gasteiger partial charge in [0.1, 0.15) is 0 Å². The summed E-state index contributed by atoms with van der Waals surface area (Å²) in [6.45, 7) is 0. The summed E-state index contributed by atoms with van der Waals surface area (Å²) in [4.78, 5) is 4.47. The van der Waals surface area contributed by atoms with Crippen molar-refractivity contribution in [1.82, 2.24) is 10.3 Å². The predicted molar refractivity (Wildman–Crippen MR) is 53.6 cm³/mol. The Bertz CT molecular complexity index is 283. The second-order valence-electron chi connectivity index (χ2n) is 3.63. The van der Waals surface area contributed by atoms with Crippen molar-refractivity contribution in [3.05, 3.63) is 29.6 Å². The fraction of sp³-hybridized carbons (Fsp3) is 0.545. The van der Waals surface area contributed by atoms with Gasteiger partial charge in [0, 0.05) is 12.2 Å². The van der Waals surface area contributed by atoms with E-state index in [1.807, 2.05) is 19.3 Å². The van der Waals surface area contributed by atoms with Crippen LogP contribution in [0.1, 0.15) is 36.6 Å². The smallest absolute Gasteiger partial charge is 0.0604 e.